The summed E-state index contributed by atoms with van der Waals surface area (Å²) < 4.78 is 9.80. The lowest BCUT2D eigenvalue weighted by molar-refractivity contribution is -0.159. The van der Waals surface area contributed by atoms with Gasteiger partial charge in [0.2, 0.25) is 0 Å². The molecule has 2 aromatic carbocycles. The number of H-pyrrole nitrogens is 1. The lowest BCUT2D eigenvalue weighted by atomic mass is 9.80. The summed E-state index contributed by atoms with van der Waals surface area (Å²) in [5, 5.41) is 0.953. The minimum absolute atomic E-state index is 0.516. The number of methoxy groups -OCH3 is 2. The molecule has 1 aromatic heterocycles. The van der Waals surface area contributed by atoms with Crippen molar-refractivity contribution >= 4 is 22.8 Å². The second-order valence-electron chi connectivity index (χ2n) is 5.70. The number of hydrogen-bond acceptors (Lipinski definition) is 4. The molecule has 0 saturated carbocycles. The van der Waals surface area contributed by atoms with Crippen molar-refractivity contribution in [1.82, 2.24) is 4.98 Å². The number of ether oxygens (including phenoxy) is 2. The number of aromatic nitrogens is 1. The van der Waals surface area contributed by atoms with Crippen LogP contribution in [0.2, 0.25) is 0 Å². The number of carbonyl (C=O) groups is 2. The van der Waals surface area contributed by atoms with Crippen LogP contribution < -0.4 is 0 Å². The predicted molar refractivity (Wildman–Crippen MR) is 94.1 cm³/mol. The molecule has 1 heterocycles. The van der Waals surface area contributed by atoms with E-state index in [-0.39, 0.29) is 0 Å². The Balaban J connectivity index is 2.22. The van der Waals surface area contributed by atoms with Crippen LogP contribution >= 0.6 is 0 Å². The Morgan fingerprint density at radius 1 is 0.880 bits per heavy atom. The van der Waals surface area contributed by atoms with Gasteiger partial charge in [0.25, 0.3) is 0 Å². The minimum atomic E-state index is -1.09. The van der Waals surface area contributed by atoms with Crippen LogP contribution in [0.1, 0.15) is 17.0 Å². The standard InChI is InChI=1S/C20H19NO4/c1-24-19(22)18(20(23)25-2)17(13-8-4-3-5-9-13)15-12-21-16-11-7-6-10-14(15)16/h3-12,17-18,21H,1-2H3. The zero-order valence-corrected chi connectivity index (χ0v) is 14.1. The summed E-state index contributed by atoms with van der Waals surface area (Å²) in [5.74, 6) is -2.84. The Bertz CT molecular complexity index is 869. The Morgan fingerprint density at radius 2 is 1.48 bits per heavy atom. The van der Waals surface area contributed by atoms with Crippen molar-refractivity contribution in [2.75, 3.05) is 14.2 Å². The van der Waals surface area contributed by atoms with Gasteiger partial charge in [0.1, 0.15) is 0 Å². The van der Waals surface area contributed by atoms with Gasteiger partial charge in [0.15, 0.2) is 5.92 Å². The van der Waals surface area contributed by atoms with Gasteiger partial charge in [-0.15, -0.1) is 0 Å². The molecule has 0 bridgehead atoms. The number of rotatable bonds is 5. The first-order chi connectivity index (χ1) is 12.2. The number of esters is 2. The first-order valence-corrected chi connectivity index (χ1v) is 7.94. The minimum Gasteiger partial charge on any atom is -0.468 e. The molecule has 5 heteroatoms. The highest BCUT2D eigenvalue weighted by atomic mass is 16.5. The van der Waals surface area contributed by atoms with E-state index < -0.39 is 23.8 Å². The van der Waals surface area contributed by atoms with E-state index in [4.69, 9.17) is 9.47 Å². The summed E-state index contributed by atoms with van der Waals surface area (Å²) in [7, 11) is 2.55. The molecule has 3 aromatic rings. The van der Waals surface area contributed by atoms with Gasteiger partial charge in [-0.05, 0) is 17.2 Å². The second-order valence-corrected chi connectivity index (χ2v) is 5.70. The van der Waals surface area contributed by atoms with Crippen molar-refractivity contribution in [3.05, 3.63) is 71.9 Å². The number of aromatic amines is 1. The number of benzene rings is 2. The quantitative estimate of drug-likeness (QED) is 0.573. The molecule has 0 aliphatic rings. The summed E-state index contributed by atoms with van der Waals surface area (Å²) in [5.41, 5.74) is 2.63. The number of fused-ring (bicyclic) bond motifs is 1. The van der Waals surface area contributed by atoms with Crippen molar-refractivity contribution in [2.45, 2.75) is 5.92 Å². The summed E-state index contributed by atoms with van der Waals surface area (Å²) >= 11 is 0. The van der Waals surface area contributed by atoms with E-state index in [9.17, 15) is 9.59 Å². The molecule has 1 unspecified atom stereocenters. The fourth-order valence-corrected chi connectivity index (χ4v) is 3.19. The van der Waals surface area contributed by atoms with Crippen LogP contribution in [0.15, 0.2) is 60.8 Å². The number of para-hydroxylation sites is 1. The molecule has 0 radical (unpaired) electrons. The Labute approximate surface area is 145 Å². The third-order valence-electron chi connectivity index (χ3n) is 4.36. The molecule has 0 saturated heterocycles. The van der Waals surface area contributed by atoms with Gasteiger partial charge >= 0.3 is 11.9 Å². The van der Waals surface area contributed by atoms with Gasteiger partial charge in [-0.1, -0.05) is 48.5 Å². The van der Waals surface area contributed by atoms with Gasteiger partial charge < -0.3 is 14.5 Å². The molecule has 1 N–H and O–H groups in total. The zero-order chi connectivity index (χ0) is 17.8. The van der Waals surface area contributed by atoms with E-state index in [2.05, 4.69) is 4.98 Å². The number of carbonyl (C=O) groups excluding carboxylic acids is 2. The Morgan fingerprint density at radius 3 is 2.12 bits per heavy atom. The second kappa shape index (κ2) is 7.21. The molecule has 25 heavy (non-hydrogen) atoms. The van der Waals surface area contributed by atoms with Gasteiger partial charge in [-0.25, -0.2) is 0 Å². The number of nitrogens with one attached hydrogen (secondary N) is 1. The highest BCUT2D eigenvalue weighted by Gasteiger charge is 2.39. The lowest BCUT2D eigenvalue weighted by Crippen LogP contribution is -2.32. The summed E-state index contributed by atoms with van der Waals surface area (Å²) in [6.45, 7) is 0. The van der Waals surface area contributed by atoms with E-state index in [1.165, 1.54) is 14.2 Å². The van der Waals surface area contributed by atoms with Gasteiger partial charge in [-0.2, -0.15) is 0 Å². The maximum atomic E-state index is 12.4. The third kappa shape index (κ3) is 3.13. The van der Waals surface area contributed by atoms with Crippen LogP contribution in [-0.4, -0.2) is 31.1 Å². The van der Waals surface area contributed by atoms with Crippen LogP contribution in [0.4, 0.5) is 0 Å². The fourth-order valence-electron chi connectivity index (χ4n) is 3.19. The molecule has 0 aliphatic carbocycles. The van der Waals surface area contributed by atoms with Crippen LogP contribution in [0.25, 0.3) is 10.9 Å². The van der Waals surface area contributed by atoms with Gasteiger partial charge in [0, 0.05) is 23.0 Å². The average Bonchev–Trinajstić information content (AvgIpc) is 3.09. The smallest absolute Gasteiger partial charge is 0.321 e. The monoisotopic (exact) mass is 337 g/mol. The van der Waals surface area contributed by atoms with Crippen molar-refractivity contribution in [3.63, 3.8) is 0 Å². The molecule has 0 aliphatic heterocycles. The van der Waals surface area contributed by atoms with Crippen LogP contribution in [0.5, 0.6) is 0 Å². The molecule has 1 atom stereocenters. The normalized spacial score (nSPS) is 12.1. The van der Waals surface area contributed by atoms with Crippen molar-refractivity contribution < 1.29 is 19.1 Å². The molecule has 5 nitrogen and oxygen atoms in total. The summed E-state index contributed by atoms with van der Waals surface area (Å²) in [6, 6.07) is 17.2. The van der Waals surface area contributed by atoms with Crippen LogP contribution in [-0.2, 0) is 19.1 Å². The van der Waals surface area contributed by atoms with E-state index in [1.807, 2.05) is 60.8 Å². The average molecular weight is 337 g/mol. The van der Waals surface area contributed by atoms with Crippen molar-refractivity contribution in [3.8, 4) is 0 Å². The van der Waals surface area contributed by atoms with Crippen LogP contribution in [0.3, 0.4) is 0 Å². The third-order valence-corrected chi connectivity index (χ3v) is 4.36. The zero-order valence-electron chi connectivity index (χ0n) is 14.1. The van der Waals surface area contributed by atoms with E-state index in [0.717, 1.165) is 22.0 Å². The topological polar surface area (TPSA) is 68.4 Å². The molecule has 0 fully saturated rings. The fraction of sp³-hybridized carbons (Fsp3) is 0.200. The first-order valence-electron chi connectivity index (χ1n) is 7.94. The van der Waals surface area contributed by atoms with E-state index >= 15 is 0 Å². The molecule has 0 spiro atoms. The van der Waals surface area contributed by atoms with Crippen molar-refractivity contribution in [1.29, 1.82) is 0 Å². The maximum absolute atomic E-state index is 12.4. The SMILES string of the molecule is COC(=O)C(C(=O)OC)C(c1ccccc1)c1c[nH]c2ccccc12. The summed E-state index contributed by atoms with van der Waals surface area (Å²) in [4.78, 5) is 28.1. The van der Waals surface area contributed by atoms with Gasteiger partial charge in [-0.3, -0.25) is 9.59 Å². The Hall–Kier alpha value is -3.08. The number of hydrogen-bond donors (Lipinski definition) is 1. The molecular formula is C20H19NO4. The maximum Gasteiger partial charge on any atom is 0.321 e. The lowest BCUT2D eigenvalue weighted by Gasteiger charge is -2.23. The van der Waals surface area contributed by atoms with Crippen molar-refractivity contribution in [2.24, 2.45) is 5.92 Å². The predicted octanol–water partition coefficient (Wildman–Crippen LogP) is 3.26. The molecular weight excluding hydrogens is 318 g/mol. The van der Waals surface area contributed by atoms with Gasteiger partial charge in [0.05, 0.1) is 14.2 Å². The molecule has 128 valence electrons. The molecule has 3 rings (SSSR count). The summed E-state index contributed by atoms with van der Waals surface area (Å²) in [6.07, 6.45) is 1.83. The highest BCUT2D eigenvalue weighted by molar-refractivity contribution is 5.98. The Kier molecular flexibility index (Phi) is 4.84. The van der Waals surface area contributed by atoms with E-state index in [1.54, 1.807) is 0 Å². The highest BCUT2D eigenvalue weighted by Crippen LogP contribution is 2.37. The molecule has 0 amide bonds. The largest absolute Gasteiger partial charge is 0.468 e. The van der Waals surface area contributed by atoms with E-state index in [0.29, 0.717) is 0 Å². The first kappa shape index (κ1) is 16.8. The van der Waals surface area contributed by atoms with Crippen LogP contribution in [0, 0.1) is 5.92 Å².